The highest BCUT2D eigenvalue weighted by Gasteiger charge is 2.12. The van der Waals surface area contributed by atoms with E-state index in [-0.39, 0.29) is 0 Å². The summed E-state index contributed by atoms with van der Waals surface area (Å²) >= 11 is 1.67. The van der Waals surface area contributed by atoms with Crippen molar-refractivity contribution >= 4 is 11.3 Å². The van der Waals surface area contributed by atoms with Crippen molar-refractivity contribution in [1.29, 1.82) is 0 Å². The van der Waals surface area contributed by atoms with Gasteiger partial charge in [0.25, 0.3) is 0 Å². The Kier molecular flexibility index (Phi) is 3.91. The van der Waals surface area contributed by atoms with Gasteiger partial charge >= 0.3 is 0 Å². The van der Waals surface area contributed by atoms with Crippen LogP contribution in [0, 0.1) is 0 Å². The van der Waals surface area contributed by atoms with E-state index in [1.54, 1.807) is 11.3 Å². The molecule has 0 radical (unpaired) electrons. The van der Waals surface area contributed by atoms with Crippen LogP contribution < -0.4 is 5.32 Å². The first kappa shape index (κ1) is 12.3. The van der Waals surface area contributed by atoms with Gasteiger partial charge in [0.05, 0.1) is 4.88 Å². The van der Waals surface area contributed by atoms with E-state index < -0.39 is 0 Å². The standard InChI is InChI=1S/C12H18N4S/c1-4-13-9(2)8-11-14-12(15-16(11)3)10-6-5-7-17-10/h5-7,9,13H,4,8H2,1-3H3. The minimum absolute atomic E-state index is 0.430. The van der Waals surface area contributed by atoms with Crippen molar-refractivity contribution in [2.75, 3.05) is 6.54 Å². The normalized spacial score (nSPS) is 12.9. The van der Waals surface area contributed by atoms with Crippen LogP contribution in [0.4, 0.5) is 0 Å². The van der Waals surface area contributed by atoms with Crippen LogP contribution >= 0.6 is 11.3 Å². The maximum absolute atomic E-state index is 4.60. The number of aromatic nitrogens is 3. The van der Waals surface area contributed by atoms with Gasteiger partial charge in [0.15, 0.2) is 5.82 Å². The molecule has 2 heterocycles. The summed E-state index contributed by atoms with van der Waals surface area (Å²) in [7, 11) is 1.96. The molecule has 1 N–H and O–H groups in total. The van der Waals surface area contributed by atoms with Gasteiger partial charge in [-0.05, 0) is 24.9 Å². The van der Waals surface area contributed by atoms with Crippen molar-refractivity contribution < 1.29 is 0 Å². The van der Waals surface area contributed by atoms with Crippen molar-refractivity contribution in [3.05, 3.63) is 23.3 Å². The van der Waals surface area contributed by atoms with Crippen LogP contribution in [0.1, 0.15) is 19.7 Å². The summed E-state index contributed by atoms with van der Waals surface area (Å²) < 4.78 is 1.88. The van der Waals surface area contributed by atoms with Gasteiger partial charge in [0.1, 0.15) is 5.82 Å². The molecule has 4 nitrogen and oxygen atoms in total. The van der Waals surface area contributed by atoms with E-state index in [0.717, 1.165) is 29.5 Å². The second-order valence-corrected chi connectivity index (χ2v) is 5.06. The lowest BCUT2D eigenvalue weighted by Crippen LogP contribution is -2.28. The summed E-state index contributed by atoms with van der Waals surface area (Å²) in [6, 6.07) is 4.51. The smallest absolute Gasteiger partial charge is 0.191 e. The molecule has 0 aromatic carbocycles. The molecule has 2 rings (SSSR count). The Morgan fingerprint density at radius 1 is 1.53 bits per heavy atom. The molecule has 92 valence electrons. The molecule has 17 heavy (non-hydrogen) atoms. The van der Waals surface area contributed by atoms with E-state index in [0.29, 0.717) is 6.04 Å². The molecule has 5 heteroatoms. The third kappa shape index (κ3) is 2.92. The summed E-state index contributed by atoms with van der Waals surface area (Å²) in [5.74, 6) is 1.86. The van der Waals surface area contributed by atoms with Gasteiger partial charge in [0.2, 0.25) is 0 Å². The Bertz CT molecular complexity index is 461. The average Bonchev–Trinajstić information content (AvgIpc) is 2.89. The molecule has 0 aliphatic heterocycles. The molecule has 0 amide bonds. The third-order valence-corrected chi connectivity index (χ3v) is 3.50. The van der Waals surface area contributed by atoms with Gasteiger partial charge in [-0.2, -0.15) is 5.10 Å². The van der Waals surface area contributed by atoms with Crippen LogP contribution in [0.3, 0.4) is 0 Å². The van der Waals surface area contributed by atoms with E-state index in [9.17, 15) is 0 Å². The molecule has 1 atom stereocenters. The van der Waals surface area contributed by atoms with Crippen LogP contribution in [0.5, 0.6) is 0 Å². The molecule has 2 aromatic rings. The Balaban J connectivity index is 2.14. The van der Waals surface area contributed by atoms with Crippen molar-refractivity contribution in [2.45, 2.75) is 26.3 Å². The molecule has 0 saturated carbocycles. The molecule has 1 unspecified atom stereocenters. The largest absolute Gasteiger partial charge is 0.314 e. The zero-order valence-corrected chi connectivity index (χ0v) is 11.3. The quantitative estimate of drug-likeness (QED) is 0.883. The van der Waals surface area contributed by atoms with E-state index >= 15 is 0 Å². The fourth-order valence-corrected chi connectivity index (χ4v) is 2.45. The lowest BCUT2D eigenvalue weighted by Gasteiger charge is -2.10. The maximum atomic E-state index is 4.60. The van der Waals surface area contributed by atoms with E-state index in [1.807, 2.05) is 23.2 Å². The van der Waals surface area contributed by atoms with Crippen LogP contribution in [-0.4, -0.2) is 27.4 Å². The highest BCUT2D eigenvalue weighted by atomic mass is 32.1. The van der Waals surface area contributed by atoms with Gasteiger partial charge in [-0.25, -0.2) is 4.98 Å². The Morgan fingerprint density at radius 2 is 2.35 bits per heavy atom. The van der Waals surface area contributed by atoms with Crippen molar-refractivity contribution in [1.82, 2.24) is 20.1 Å². The van der Waals surface area contributed by atoms with Gasteiger partial charge < -0.3 is 5.32 Å². The number of rotatable bonds is 5. The summed E-state index contributed by atoms with van der Waals surface area (Å²) in [5, 5.41) is 9.89. The lowest BCUT2D eigenvalue weighted by atomic mass is 10.2. The molecule has 0 spiro atoms. The Morgan fingerprint density at radius 3 is 3.00 bits per heavy atom. The maximum Gasteiger partial charge on any atom is 0.191 e. The molecule has 0 bridgehead atoms. The predicted octanol–water partition coefficient (Wildman–Crippen LogP) is 2.08. The van der Waals surface area contributed by atoms with Crippen molar-refractivity contribution in [3.63, 3.8) is 0 Å². The Labute approximate surface area is 106 Å². The minimum atomic E-state index is 0.430. The first-order chi connectivity index (χ1) is 8.20. The monoisotopic (exact) mass is 250 g/mol. The molecule has 2 aromatic heterocycles. The van der Waals surface area contributed by atoms with Gasteiger partial charge in [-0.1, -0.05) is 13.0 Å². The topological polar surface area (TPSA) is 42.7 Å². The van der Waals surface area contributed by atoms with Gasteiger partial charge in [-0.3, -0.25) is 4.68 Å². The molecule has 0 aliphatic rings. The lowest BCUT2D eigenvalue weighted by molar-refractivity contribution is 0.536. The summed E-state index contributed by atoms with van der Waals surface area (Å²) in [6.07, 6.45) is 0.905. The van der Waals surface area contributed by atoms with E-state index in [1.165, 1.54) is 0 Å². The number of hydrogen-bond acceptors (Lipinski definition) is 4. The predicted molar refractivity (Wildman–Crippen MR) is 71.2 cm³/mol. The number of nitrogens with one attached hydrogen (secondary N) is 1. The SMILES string of the molecule is CCNC(C)Cc1nc(-c2cccs2)nn1C. The van der Waals surface area contributed by atoms with Crippen molar-refractivity contribution in [3.8, 4) is 10.7 Å². The third-order valence-electron chi connectivity index (χ3n) is 2.64. The first-order valence-electron chi connectivity index (χ1n) is 5.88. The first-order valence-corrected chi connectivity index (χ1v) is 6.75. The highest BCUT2D eigenvalue weighted by Crippen LogP contribution is 2.21. The molecular weight excluding hydrogens is 232 g/mol. The van der Waals surface area contributed by atoms with Crippen molar-refractivity contribution in [2.24, 2.45) is 7.05 Å². The fourth-order valence-electron chi connectivity index (χ4n) is 1.80. The zero-order chi connectivity index (χ0) is 12.3. The number of nitrogens with zero attached hydrogens (tertiary/aromatic N) is 3. The van der Waals surface area contributed by atoms with Crippen LogP contribution in [0.25, 0.3) is 10.7 Å². The molecule has 0 saturated heterocycles. The summed E-state index contributed by atoms with van der Waals surface area (Å²) in [5.41, 5.74) is 0. The zero-order valence-electron chi connectivity index (χ0n) is 10.5. The summed E-state index contributed by atoms with van der Waals surface area (Å²) in [4.78, 5) is 5.72. The van der Waals surface area contributed by atoms with Crippen LogP contribution in [-0.2, 0) is 13.5 Å². The highest BCUT2D eigenvalue weighted by molar-refractivity contribution is 7.13. The molecule has 0 aliphatic carbocycles. The van der Waals surface area contributed by atoms with Gasteiger partial charge in [0, 0.05) is 19.5 Å². The summed E-state index contributed by atoms with van der Waals surface area (Å²) in [6.45, 7) is 5.27. The Hall–Kier alpha value is -1.20. The van der Waals surface area contributed by atoms with Crippen LogP contribution in [0.15, 0.2) is 17.5 Å². The number of thiophene rings is 1. The fraction of sp³-hybridized carbons (Fsp3) is 0.500. The minimum Gasteiger partial charge on any atom is -0.314 e. The number of aryl methyl sites for hydroxylation is 1. The van der Waals surface area contributed by atoms with Crippen LogP contribution in [0.2, 0.25) is 0 Å². The van der Waals surface area contributed by atoms with Gasteiger partial charge in [-0.15, -0.1) is 11.3 Å². The number of likely N-dealkylation sites (N-methyl/N-ethyl adjacent to an activating group) is 1. The second kappa shape index (κ2) is 5.42. The number of hydrogen-bond donors (Lipinski definition) is 1. The molecule has 0 fully saturated rings. The second-order valence-electron chi connectivity index (χ2n) is 4.12. The van der Waals surface area contributed by atoms with E-state index in [4.69, 9.17) is 0 Å². The average molecular weight is 250 g/mol. The van der Waals surface area contributed by atoms with E-state index in [2.05, 4.69) is 35.3 Å². The molecular formula is C12H18N4S.